The molecule has 2 rings (SSSR count). The number of rotatable bonds is 6. The minimum atomic E-state index is -0.172. The van der Waals surface area contributed by atoms with Crippen LogP contribution in [0.25, 0.3) is 5.65 Å². The molecule has 2 aromatic heterocycles. The lowest BCUT2D eigenvalue weighted by Gasteiger charge is -2.02. The summed E-state index contributed by atoms with van der Waals surface area (Å²) in [6.07, 6.45) is 9.68. The summed E-state index contributed by atoms with van der Waals surface area (Å²) < 4.78 is 1.82. The van der Waals surface area contributed by atoms with Crippen LogP contribution < -0.4 is 5.32 Å². The lowest BCUT2D eigenvalue weighted by Crippen LogP contribution is -2.24. The summed E-state index contributed by atoms with van der Waals surface area (Å²) in [4.78, 5) is 16.2. The van der Waals surface area contributed by atoms with Gasteiger partial charge in [-0.05, 0) is 18.6 Å². The van der Waals surface area contributed by atoms with Crippen molar-refractivity contribution in [1.29, 1.82) is 0 Å². The Morgan fingerprint density at radius 3 is 3.05 bits per heavy atom. The van der Waals surface area contributed by atoms with Crippen LogP contribution in [-0.4, -0.2) is 21.8 Å². The highest BCUT2D eigenvalue weighted by Crippen LogP contribution is 2.04. The van der Waals surface area contributed by atoms with E-state index in [1.54, 1.807) is 12.3 Å². The second kappa shape index (κ2) is 6.52. The van der Waals surface area contributed by atoms with Gasteiger partial charge in [-0.3, -0.25) is 4.79 Å². The van der Waals surface area contributed by atoms with Gasteiger partial charge in [0.15, 0.2) is 0 Å². The standard InChI is InChI=1S/C16H17N3O/c1-3-4-7-13(2)9-10-17-16(20)14-12-19-11-6-5-8-15(19)18-14/h3-8,11-12H,1-2,9-10H2,(H,17,20)/b7-4-. The van der Waals surface area contributed by atoms with Crippen molar-refractivity contribution in [2.45, 2.75) is 6.42 Å². The highest BCUT2D eigenvalue weighted by atomic mass is 16.1. The minimum absolute atomic E-state index is 0.172. The van der Waals surface area contributed by atoms with Gasteiger partial charge in [0.25, 0.3) is 5.91 Å². The van der Waals surface area contributed by atoms with Crippen molar-refractivity contribution in [2.75, 3.05) is 6.54 Å². The number of allylic oxidation sites excluding steroid dienone is 3. The predicted molar refractivity (Wildman–Crippen MR) is 80.6 cm³/mol. The second-order valence-electron chi connectivity index (χ2n) is 4.35. The van der Waals surface area contributed by atoms with Gasteiger partial charge in [0, 0.05) is 18.9 Å². The number of hydrogen-bond donors (Lipinski definition) is 1. The maximum Gasteiger partial charge on any atom is 0.271 e. The van der Waals surface area contributed by atoms with Gasteiger partial charge in [-0.2, -0.15) is 0 Å². The number of hydrogen-bond acceptors (Lipinski definition) is 2. The molecule has 0 aliphatic heterocycles. The molecule has 1 amide bonds. The molecule has 0 radical (unpaired) electrons. The topological polar surface area (TPSA) is 46.4 Å². The predicted octanol–water partition coefficient (Wildman–Crippen LogP) is 2.75. The zero-order valence-corrected chi connectivity index (χ0v) is 11.2. The first-order chi connectivity index (χ1) is 9.70. The van der Waals surface area contributed by atoms with E-state index >= 15 is 0 Å². The Kier molecular flexibility index (Phi) is 4.50. The number of pyridine rings is 1. The van der Waals surface area contributed by atoms with E-state index in [9.17, 15) is 4.79 Å². The van der Waals surface area contributed by atoms with Gasteiger partial charge in [0.2, 0.25) is 0 Å². The first-order valence-corrected chi connectivity index (χ1v) is 6.39. The van der Waals surface area contributed by atoms with Gasteiger partial charge in [-0.1, -0.05) is 43.0 Å². The number of nitrogens with one attached hydrogen (secondary N) is 1. The molecule has 0 saturated carbocycles. The molecule has 4 nitrogen and oxygen atoms in total. The van der Waals surface area contributed by atoms with Crippen molar-refractivity contribution in [2.24, 2.45) is 0 Å². The third-order valence-corrected chi connectivity index (χ3v) is 2.80. The van der Waals surface area contributed by atoms with Crippen LogP contribution in [0.4, 0.5) is 0 Å². The molecule has 0 aromatic carbocycles. The summed E-state index contributed by atoms with van der Waals surface area (Å²) in [7, 11) is 0. The number of imidazole rings is 1. The Balaban J connectivity index is 1.90. The first kappa shape index (κ1) is 13.8. The van der Waals surface area contributed by atoms with Crippen LogP contribution in [0.5, 0.6) is 0 Å². The SMILES string of the molecule is C=C/C=C\C(=C)CCNC(=O)c1cn2ccccc2n1. The van der Waals surface area contributed by atoms with Crippen LogP contribution in [0, 0.1) is 0 Å². The van der Waals surface area contributed by atoms with Crippen molar-refractivity contribution < 1.29 is 4.79 Å². The molecular weight excluding hydrogens is 250 g/mol. The number of amides is 1. The van der Waals surface area contributed by atoms with Crippen molar-refractivity contribution in [3.63, 3.8) is 0 Å². The Hall–Kier alpha value is -2.62. The Morgan fingerprint density at radius 1 is 1.45 bits per heavy atom. The van der Waals surface area contributed by atoms with E-state index in [4.69, 9.17) is 0 Å². The maximum absolute atomic E-state index is 12.0. The summed E-state index contributed by atoms with van der Waals surface area (Å²) in [5.41, 5.74) is 2.12. The molecule has 102 valence electrons. The second-order valence-corrected chi connectivity index (χ2v) is 4.35. The Labute approximate surface area is 118 Å². The molecule has 0 aliphatic carbocycles. The van der Waals surface area contributed by atoms with Gasteiger partial charge in [0.05, 0.1) is 0 Å². The largest absolute Gasteiger partial charge is 0.350 e. The monoisotopic (exact) mass is 267 g/mol. The van der Waals surface area contributed by atoms with Gasteiger partial charge >= 0.3 is 0 Å². The van der Waals surface area contributed by atoms with Gasteiger partial charge in [0.1, 0.15) is 11.3 Å². The van der Waals surface area contributed by atoms with Crippen molar-refractivity contribution in [3.8, 4) is 0 Å². The molecule has 2 aromatic rings. The third kappa shape index (κ3) is 3.45. The van der Waals surface area contributed by atoms with E-state index in [0.29, 0.717) is 18.7 Å². The Bertz CT molecular complexity index is 634. The van der Waals surface area contributed by atoms with Crippen LogP contribution >= 0.6 is 0 Å². The normalized spacial score (nSPS) is 10.8. The average Bonchev–Trinajstić information content (AvgIpc) is 2.89. The fourth-order valence-electron chi connectivity index (χ4n) is 1.76. The Morgan fingerprint density at radius 2 is 2.30 bits per heavy atom. The number of carbonyl (C=O) groups excluding carboxylic acids is 1. The zero-order valence-electron chi connectivity index (χ0n) is 11.2. The van der Waals surface area contributed by atoms with E-state index in [0.717, 1.165) is 11.2 Å². The molecule has 0 aliphatic rings. The van der Waals surface area contributed by atoms with E-state index in [1.807, 2.05) is 40.9 Å². The molecule has 0 atom stereocenters. The van der Waals surface area contributed by atoms with E-state index in [1.165, 1.54) is 0 Å². The first-order valence-electron chi connectivity index (χ1n) is 6.39. The fraction of sp³-hybridized carbons (Fsp3) is 0.125. The van der Waals surface area contributed by atoms with E-state index < -0.39 is 0 Å². The molecule has 0 spiro atoms. The maximum atomic E-state index is 12.0. The van der Waals surface area contributed by atoms with Crippen molar-refractivity contribution in [1.82, 2.24) is 14.7 Å². The number of nitrogens with zero attached hydrogens (tertiary/aromatic N) is 2. The molecule has 20 heavy (non-hydrogen) atoms. The fourth-order valence-corrected chi connectivity index (χ4v) is 1.76. The molecule has 4 heteroatoms. The van der Waals surface area contributed by atoms with Crippen molar-refractivity contribution in [3.05, 3.63) is 73.2 Å². The van der Waals surface area contributed by atoms with Gasteiger partial charge in [-0.25, -0.2) is 4.98 Å². The molecule has 2 heterocycles. The average molecular weight is 267 g/mol. The molecular formula is C16H17N3O. The van der Waals surface area contributed by atoms with Crippen LogP contribution in [0.1, 0.15) is 16.9 Å². The minimum Gasteiger partial charge on any atom is -0.350 e. The van der Waals surface area contributed by atoms with Crippen LogP contribution in [-0.2, 0) is 0 Å². The number of fused-ring (bicyclic) bond motifs is 1. The van der Waals surface area contributed by atoms with E-state index in [-0.39, 0.29) is 5.91 Å². The molecule has 1 N–H and O–H groups in total. The highest BCUT2D eigenvalue weighted by Gasteiger charge is 2.09. The van der Waals surface area contributed by atoms with Crippen LogP contribution in [0.3, 0.4) is 0 Å². The van der Waals surface area contributed by atoms with Crippen LogP contribution in [0.2, 0.25) is 0 Å². The van der Waals surface area contributed by atoms with Crippen molar-refractivity contribution >= 4 is 11.6 Å². The highest BCUT2D eigenvalue weighted by molar-refractivity contribution is 5.92. The molecule has 0 bridgehead atoms. The summed E-state index contributed by atoms with van der Waals surface area (Å²) >= 11 is 0. The zero-order chi connectivity index (χ0) is 14.4. The lowest BCUT2D eigenvalue weighted by molar-refractivity contribution is 0.0950. The number of aromatic nitrogens is 2. The molecule has 0 saturated heterocycles. The number of carbonyl (C=O) groups is 1. The lowest BCUT2D eigenvalue weighted by atomic mass is 10.2. The summed E-state index contributed by atoms with van der Waals surface area (Å²) in [5.74, 6) is -0.172. The summed E-state index contributed by atoms with van der Waals surface area (Å²) in [5, 5.41) is 2.83. The molecule has 0 fully saturated rings. The van der Waals surface area contributed by atoms with E-state index in [2.05, 4.69) is 23.5 Å². The van der Waals surface area contributed by atoms with Gasteiger partial charge < -0.3 is 9.72 Å². The summed E-state index contributed by atoms with van der Waals surface area (Å²) in [6, 6.07) is 5.64. The van der Waals surface area contributed by atoms with Crippen LogP contribution in [0.15, 0.2) is 67.6 Å². The third-order valence-electron chi connectivity index (χ3n) is 2.80. The summed E-state index contributed by atoms with van der Waals surface area (Å²) in [6.45, 7) is 8.02. The molecule has 0 unspecified atom stereocenters. The van der Waals surface area contributed by atoms with Gasteiger partial charge in [-0.15, -0.1) is 0 Å². The smallest absolute Gasteiger partial charge is 0.271 e. The quantitative estimate of drug-likeness (QED) is 0.818.